The molecule has 1 amide bonds. The van der Waals surface area contributed by atoms with Crippen LogP contribution in [0.15, 0.2) is 40.5 Å². The number of anilines is 1. The van der Waals surface area contributed by atoms with Gasteiger partial charge in [0.05, 0.1) is 5.69 Å². The predicted octanol–water partition coefficient (Wildman–Crippen LogP) is 3.72. The van der Waals surface area contributed by atoms with Gasteiger partial charge in [0.15, 0.2) is 0 Å². The number of amides is 1. The minimum atomic E-state index is -0.302. The molecule has 2 rings (SSSR count). The largest absolute Gasteiger partial charge is 0.359 e. The molecule has 1 aliphatic carbocycles. The zero-order valence-electron chi connectivity index (χ0n) is 11.7. The van der Waals surface area contributed by atoms with Gasteiger partial charge in [0.2, 0.25) is 0 Å². The molecule has 1 aliphatic rings. The van der Waals surface area contributed by atoms with Crippen molar-refractivity contribution in [2.24, 2.45) is 0 Å². The fraction of sp³-hybridized carbons (Fsp3) is 0.375. The van der Waals surface area contributed by atoms with Crippen molar-refractivity contribution in [1.82, 2.24) is 5.32 Å². The smallest absolute Gasteiger partial charge is 0.263 e. The number of rotatable bonds is 4. The summed E-state index contributed by atoms with van der Waals surface area (Å²) in [5.41, 5.74) is 0.909. The molecule has 0 bridgehead atoms. The van der Waals surface area contributed by atoms with E-state index in [2.05, 4.69) is 26.6 Å². The van der Waals surface area contributed by atoms with Crippen LogP contribution in [-0.4, -0.2) is 11.9 Å². The number of carbonyl (C=O) groups excluding carboxylic acids is 1. The van der Waals surface area contributed by atoms with E-state index in [-0.39, 0.29) is 17.5 Å². The molecule has 0 heterocycles. The Kier molecular flexibility index (Phi) is 5.82. The Bertz CT molecular complexity index is 571. The standard InChI is InChI=1S/C16H18BrN3O/c17-14-8-4-5-9-15(14)19-11-12(10-18)16(21)20-13-6-2-1-3-7-13/h4-5,8-9,11,13,19H,1-3,6-7H2,(H,20,21)/b12-11-. The van der Waals surface area contributed by atoms with Gasteiger partial charge in [-0.1, -0.05) is 31.4 Å². The maximum atomic E-state index is 12.1. The normalized spacial score (nSPS) is 16.1. The summed E-state index contributed by atoms with van der Waals surface area (Å²) in [6.45, 7) is 0. The molecular weight excluding hydrogens is 330 g/mol. The van der Waals surface area contributed by atoms with E-state index in [1.54, 1.807) is 0 Å². The second-order valence-corrected chi connectivity index (χ2v) is 5.96. The average molecular weight is 348 g/mol. The van der Waals surface area contributed by atoms with Crippen LogP contribution in [0.2, 0.25) is 0 Å². The van der Waals surface area contributed by atoms with Crippen LogP contribution in [0.25, 0.3) is 0 Å². The molecule has 0 aliphatic heterocycles. The zero-order chi connectivity index (χ0) is 15.1. The van der Waals surface area contributed by atoms with Gasteiger partial charge in [0.25, 0.3) is 5.91 Å². The third kappa shape index (κ3) is 4.61. The van der Waals surface area contributed by atoms with Crippen molar-refractivity contribution < 1.29 is 4.79 Å². The van der Waals surface area contributed by atoms with Gasteiger partial charge in [-0.3, -0.25) is 4.79 Å². The number of nitrogens with zero attached hydrogens (tertiary/aromatic N) is 1. The fourth-order valence-electron chi connectivity index (χ4n) is 2.39. The third-order valence-electron chi connectivity index (χ3n) is 3.55. The SMILES string of the molecule is N#C/C(=C/Nc1ccccc1Br)C(=O)NC1CCCCC1. The van der Waals surface area contributed by atoms with E-state index in [1.165, 1.54) is 12.6 Å². The molecule has 21 heavy (non-hydrogen) atoms. The van der Waals surface area contributed by atoms with E-state index in [0.717, 1.165) is 35.8 Å². The third-order valence-corrected chi connectivity index (χ3v) is 4.24. The number of halogens is 1. The molecule has 110 valence electrons. The molecule has 1 aromatic rings. The van der Waals surface area contributed by atoms with Crippen molar-refractivity contribution >= 4 is 27.5 Å². The van der Waals surface area contributed by atoms with Crippen LogP contribution in [0, 0.1) is 11.3 Å². The minimum Gasteiger partial charge on any atom is -0.359 e. The quantitative estimate of drug-likeness (QED) is 0.644. The van der Waals surface area contributed by atoms with Crippen molar-refractivity contribution in [3.8, 4) is 6.07 Å². The fourth-order valence-corrected chi connectivity index (χ4v) is 2.79. The van der Waals surface area contributed by atoms with Crippen LogP contribution in [-0.2, 0) is 4.79 Å². The summed E-state index contributed by atoms with van der Waals surface area (Å²) in [6.07, 6.45) is 6.98. The summed E-state index contributed by atoms with van der Waals surface area (Å²) in [5.74, 6) is -0.302. The number of carbonyl (C=O) groups is 1. The van der Waals surface area contributed by atoms with E-state index >= 15 is 0 Å². The lowest BCUT2D eigenvalue weighted by molar-refractivity contribution is -0.118. The van der Waals surface area contributed by atoms with E-state index in [1.807, 2.05) is 30.3 Å². The molecule has 1 saturated carbocycles. The number of hydrogen-bond acceptors (Lipinski definition) is 3. The maximum Gasteiger partial charge on any atom is 0.263 e. The molecule has 0 unspecified atom stereocenters. The van der Waals surface area contributed by atoms with Gasteiger partial charge < -0.3 is 10.6 Å². The summed E-state index contributed by atoms with van der Waals surface area (Å²) < 4.78 is 0.881. The first kappa shape index (κ1) is 15.6. The minimum absolute atomic E-state index is 0.0938. The van der Waals surface area contributed by atoms with Crippen LogP contribution in [0.5, 0.6) is 0 Å². The Balaban J connectivity index is 1.98. The average Bonchev–Trinajstić information content (AvgIpc) is 2.50. The number of benzene rings is 1. The van der Waals surface area contributed by atoms with Gasteiger partial charge in [-0.25, -0.2) is 0 Å². The summed E-state index contributed by atoms with van der Waals surface area (Å²) in [5, 5.41) is 15.1. The molecule has 1 aromatic carbocycles. The molecule has 1 fully saturated rings. The molecule has 0 spiro atoms. The highest BCUT2D eigenvalue weighted by molar-refractivity contribution is 9.10. The van der Waals surface area contributed by atoms with Gasteiger partial charge in [0, 0.05) is 16.7 Å². The summed E-state index contributed by atoms with van der Waals surface area (Å²) in [4.78, 5) is 12.1. The highest BCUT2D eigenvalue weighted by Gasteiger charge is 2.17. The van der Waals surface area contributed by atoms with E-state index in [9.17, 15) is 4.79 Å². The first-order chi connectivity index (χ1) is 10.2. The molecule has 4 nitrogen and oxygen atoms in total. The van der Waals surface area contributed by atoms with Crippen molar-refractivity contribution in [3.63, 3.8) is 0 Å². The van der Waals surface area contributed by atoms with E-state index in [4.69, 9.17) is 5.26 Å². The van der Waals surface area contributed by atoms with Crippen LogP contribution in [0.1, 0.15) is 32.1 Å². The lowest BCUT2D eigenvalue weighted by atomic mass is 9.95. The number of nitriles is 1. The van der Waals surface area contributed by atoms with Gasteiger partial charge >= 0.3 is 0 Å². The van der Waals surface area contributed by atoms with Gasteiger partial charge in [-0.15, -0.1) is 0 Å². The maximum absolute atomic E-state index is 12.1. The molecule has 0 aromatic heterocycles. The number of hydrogen-bond donors (Lipinski definition) is 2. The van der Waals surface area contributed by atoms with Crippen LogP contribution >= 0.6 is 15.9 Å². The zero-order valence-corrected chi connectivity index (χ0v) is 13.3. The van der Waals surface area contributed by atoms with Gasteiger partial charge in [0.1, 0.15) is 11.6 Å². The van der Waals surface area contributed by atoms with Crippen LogP contribution in [0.3, 0.4) is 0 Å². The molecule has 5 heteroatoms. The van der Waals surface area contributed by atoms with Gasteiger partial charge in [-0.05, 0) is 40.9 Å². The van der Waals surface area contributed by atoms with Crippen LogP contribution in [0.4, 0.5) is 5.69 Å². The highest BCUT2D eigenvalue weighted by atomic mass is 79.9. The number of para-hydroxylation sites is 1. The van der Waals surface area contributed by atoms with E-state index < -0.39 is 0 Å². The Labute approximate surface area is 133 Å². The van der Waals surface area contributed by atoms with Crippen molar-refractivity contribution in [2.75, 3.05) is 5.32 Å². The second kappa shape index (κ2) is 7.84. The Morgan fingerprint density at radius 3 is 2.67 bits per heavy atom. The predicted molar refractivity (Wildman–Crippen MR) is 86.5 cm³/mol. The summed E-state index contributed by atoms with van der Waals surface area (Å²) >= 11 is 3.41. The van der Waals surface area contributed by atoms with Crippen molar-refractivity contribution in [2.45, 2.75) is 38.1 Å². The first-order valence-corrected chi connectivity index (χ1v) is 7.92. The summed E-state index contributed by atoms with van der Waals surface area (Å²) in [7, 11) is 0. The lowest BCUT2D eigenvalue weighted by Crippen LogP contribution is -2.37. The molecular formula is C16H18BrN3O. The first-order valence-electron chi connectivity index (χ1n) is 7.13. The van der Waals surface area contributed by atoms with Crippen molar-refractivity contribution in [3.05, 3.63) is 40.5 Å². The van der Waals surface area contributed by atoms with E-state index in [0.29, 0.717) is 0 Å². The Hall–Kier alpha value is -1.80. The summed E-state index contributed by atoms with van der Waals surface area (Å²) in [6, 6.07) is 9.70. The van der Waals surface area contributed by atoms with Gasteiger partial charge in [-0.2, -0.15) is 5.26 Å². The number of nitrogens with one attached hydrogen (secondary N) is 2. The molecule has 2 N–H and O–H groups in total. The second-order valence-electron chi connectivity index (χ2n) is 5.10. The monoisotopic (exact) mass is 347 g/mol. The molecule has 0 saturated heterocycles. The topological polar surface area (TPSA) is 64.9 Å². The van der Waals surface area contributed by atoms with Crippen molar-refractivity contribution in [1.29, 1.82) is 5.26 Å². The lowest BCUT2D eigenvalue weighted by Gasteiger charge is -2.22. The Morgan fingerprint density at radius 2 is 2.00 bits per heavy atom. The Morgan fingerprint density at radius 1 is 1.29 bits per heavy atom. The molecule has 0 radical (unpaired) electrons. The molecule has 0 atom stereocenters. The van der Waals surface area contributed by atoms with Crippen LogP contribution < -0.4 is 10.6 Å². The highest BCUT2D eigenvalue weighted by Crippen LogP contribution is 2.21.